The zero-order valence-corrected chi connectivity index (χ0v) is 19.9. The molecule has 0 spiro atoms. The molecule has 0 saturated carbocycles. The van der Waals surface area contributed by atoms with Crippen molar-refractivity contribution >= 4 is 16.6 Å². The van der Waals surface area contributed by atoms with E-state index in [4.69, 9.17) is 14.2 Å². The Morgan fingerprint density at radius 3 is 2.74 bits per heavy atom. The van der Waals surface area contributed by atoms with E-state index in [0.29, 0.717) is 13.2 Å². The van der Waals surface area contributed by atoms with Crippen molar-refractivity contribution in [1.82, 2.24) is 15.2 Å². The topological polar surface area (TPSA) is 79.3 Å². The van der Waals surface area contributed by atoms with Crippen molar-refractivity contribution in [1.29, 1.82) is 0 Å². The molecule has 2 aromatic carbocycles. The van der Waals surface area contributed by atoms with E-state index in [1.54, 1.807) is 7.11 Å². The van der Waals surface area contributed by atoms with E-state index in [0.717, 1.165) is 54.1 Å². The van der Waals surface area contributed by atoms with Crippen LogP contribution >= 0.6 is 0 Å². The van der Waals surface area contributed by atoms with E-state index >= 15 is 0 Å². The Kier molecular flexibility index (Phi) is 6.30. The molecule has 0 aliphatic carbocycles. The van der Waals surface area contributed by atoms with Gasteiger partial charge in [-0.15, -0.1) is 0 Å². The van der Waals surface area contributed by atoms with Gasteiger partial charge in [0, 0.05) is 44.3 Å². The van der Waals surface area contributed by atoms with Crippen LogP contribution in [0.15, 0.2) is 60.8 Å². The van der Waals surface area contributed by atoms with Crippen LogP contribution in [0, 0.1) is 0 Å². The summed E-state index contributed by atoms with van der Waals surface area (Å²) >= 11 is 0. The number of hydrogen-bond donors (Lipinski definition) is 2. The number of aliphatic hydroxyl groups is 1. The van der Waals surface area contributed by atoms with E-state index in [-0.39, 0.29) is 18.2 Å². The zero-order chi connectivity index (χ0) is 23.8. The van der Waals surface area contributed by atoms with Gasteiger partial charge in [-0.1, -0.05) is 30.3 Å². The lowest BCUT2D eigenvalue weighted by Gasteiger charge is -2.47. The highest BCUT2D eigenvalue weighted by molar-refractivity contribution is 5.78. The number of nitrogens with one attached hydrogen (secondary N) is 1. The number of methoxy groups -OCH3 is 1. The third kappa shape index (κ3) is 4.37. The van der Waals surface area contributed by atoms with E-state index in [1.807, 2.05) is 42.6 Å². The van der Waals surface area contributed by atoms with Crippen LogP contribution in [-0.4, -0.2) is 85.5 Å². The molecule has 6 rings (SSSR count). The van der Waals surface area contributed by atoms with Crippen molar-refractivity contribution in [2.45, 2.75) is 37.1 Å². The van der Waals surface area contributed by atoms with Gasteiger partial charge in [0.25, 0.3) is 0 Å². The summed E-state index contributed by atoms with van der Waals surface area (Å²) < 4.78 is 17.8. The number of nitrogens with zero attached hydrogens (tertiary/aromatic N) is 3. The van der Waals surface area contributed by atoms with Crippen LogP contribution in [-0.2, 0) is 16.0 Å². The molecule has 3 aliphatic heterocycles. The summed E-state index contributed by atoms with van der Waals surface area (Å²) in [6.45, 7) is 4.43. The fourth-order valence-corrected chi connectivity index (χ4v) is 5.64. The molecule has 2 bridgehead atoms. The van der Waals surface area contributed by atoms with E-state index in [1.165, 1.54) is 0 Å². The maximum absolute atomic E-state index is 11.5. The minimum atomic E-state index is -0.590. The smallest absolute Gasteiger partial charge is 0.176 e. The number of rotatable bonds is 6. The molecule has 184 valence electrons. The minimum absolute atomic E-state index is 0.158. The molecule has 4 heterocycles. The average molecular weight is 477 g/mol. The number of pyridine rings is 1. The summed E-state index contributed by atoms with van der Waals surface area (Å²) in [6, 6.07) is 17.9. The standard InChI is InChI=1S/C27H32N4O4/c1-33-22-9-5-4-8-21(22)30-10-12-31(13-11-30)25-26(32)24(23-17-34-27(25)35-23)29-16-18-14-19-6-2-3-7-20(19)28-15-18/h2-9,14-15,23-27,29,32H,10-13,16-17H2,1H3. The van der Waals surface area contributed by atoms with Crippen LogP contribution in [0.3, 0.4) is 0 Å². The maximum atomic E-state index is 11.5. The zero-order valence-electron chi connectivity index (χ0n) is 19.9. The van der Waals surface area contributed by atoms with Crippen LogP contribution in [0.1, 0.15) is 5.56 Å². The first-order valence-electron chi connectivity index (χ1n) is 12.4. The van der Waals surface area contributed by atoms with Crippen LogP contribution in [0.25, 0.3) is 10.9 Å². The Labute approximate surface area is 205 Å². The van der Waals surface area contributed by atoms with Gasteiger partial charge in [-0.2, -0.15) is 0 Å². The molecule has 5 atom stereocenters. The first kappa shape index (κ1) is 22.7. The number of aliphatic hydroxyl groups excluding tert-OH is 1. The van der Waals surface area contributed by atoms with Crippen LogP contribution in [0.4, 0.5) is 5.69 Å². The van der Waals surface area contributed by atoms with Crippen molar-refractivity contribution < 1.29 is 19.3 Å². The lowest BCUT2D eigenvalue weighted by atomic mass is 9.94. The Hall–Kier alpha value is -2.75. The monoisotopic (exact) mass is 476 g/mol. The molecule has 2 N–H and O–H groups in total. The molecule has 8 heteroatoms. The fraction of sp³-hybridized carbons (Fsp3) is 0.444. The van der Waals surface area contributed by atoms with Crippen LogP contribution in [0.2, 0.25) is 0 Å². The third-order valence-electron chi connectivity index (χ3n) is 7.48. The molecule has 0 amide bonds. The van der Waals surface area contributed by atoms with Crippen LogP contribution in [0.5, 0.6) is 5.75 Å². The first-order valence-corrected chi connectivity index (χ1v) is 12.4. The lowest BCUT2D eigenvalue weighted by Crippen LogP contribution is -2.66. The Bertz CT molecular complexity index is 1170. The van der Waals surface area contributed by atoms with Gasteiger partial charge >= 0.3 is 0 Å². The van der Waals surface area contributed by atoms with Gasteiger partial charge in [-0.25, -0.2) is 0 Å². The number of hydrogen-bond acceptors (Lipinski definition) is 8. The van der Waals surface area contributed by atoms with Crippen molar-refractivity contribution in [2.24, 2.45) is 0 Å². The molecule has 0 radical (unpaired) electrons. The number of piperazine rings is 1. The van der Waals surface area contributed by atoms with Gasteiger partial charge in [0.15, 0.2) is 6.29 Å². The summed E-state index contributed by atoms with van der Waals surface area (Å²) in [5.74, 6) is 0.886. The Morgan fingerprint density at radius 2 is 1.89 bits per heavy atom. The number of anilines is 1. The number of benzene rings is 2. The SMILES string of the molecule is COc1ccccc1N1CCN(C2C3OCC(O3)C(NCc3cnc4ccccc4c3)C2O)CC1. The molecule has 1 aromatic heterocycles. The number of aromatic nitrogens is 1. The Balaban J connectivity index is 1.12. The molecule has 3 aliphatic rings. The Morgan fingerprint density at radius 1 is 1.09 bits per heavy atom. The predicted octanol–water partition coefficient (Wildman–Crippen LogP) is 2.01. The highest BCUT2D eigenvalue weighted by Crippen LogP contribution is 2.34. The molecule has 35 heavy (non-hydrogen) atoms. The van der Waals surface area contributed by atoms with E-state index < -0.39 is 12.4 Å². The normalized spacial score (nSPS) is 29.0. The summed E-state index contributed by atoms with van der Waals surface area (Å²) in [6.07, 6.45) is 0.753. The van der Waals surface area contributed by atoms with E-state index in [2.05, 4.69) is 38.3 Å². The quantitative estimate of drug-likeness (QED) is 0.560. The highest BCUT2D eigenvalue weighted by atomic mass is 16.7. The number of fused-ring (bicyclic) bond motifs is 3. The number of ether oxygens (including phenoxy) is 3. The highest BCUT2D eigenvalue weighted by Gasteiger charge is 2.52. The van der Waals surface area contributed by atoms with Crippen LogP contribution < -0.4 is 15.0 Å². The van der Waals surface area contributed by atoms with Gasteiger partial charge in [0.1, 0.15) is 11.9 Å². The second kappa shape index (κ2) is 9.72. The fourth-order valence-electron chi connectivity index (χ4n) is 5.64. The maximum Gasteiger partial charge on any atom is 0.176 e. The second-order valence-corrected chi connectivity index (χ2v) is 9.50. The summed E-state index contributed by atoms with van der Waals surface area (Å²) in [5, 5.41) is 16.1. The molecule has 3 saturated heterocycles. The summed E-state index contributed by atoms with van der Waals surface area (Å²) in [5.41, 5.74) is 3.17. The minimum Gasteiger partial charge on any atom is -0.495 e. The molecular weight excluding hydrogens is 444 g/mol. The summed E-state index contributed by atoms with van der Waals surface area (Å²) in [4.78, 5) is 9.22. The third-order valence-corrected chi connectivity index (χ3v) is 7.48. The van der Waals surface area contributed by atoms with Gasteiger partial charge in [-0.05, 0) is 29.8 Å². The van der Waals surface area contributed by atoms with Crippen molar-refractivity contribution in [3.8, 4) is 5.75 Å². The molecule has 8 nitrogen and oxygen atoms in total. The molecule has 3 aromatic rings. The number of para-hydroxylation sites is 3. The van der Waals surface area contributed by atoms with E-state index in [9.17, 15) is 5.11 Å². The molecule has 3 fully saturated rings. The van der Waals surface area contributed by atoms with Gasteiger partial charge < -0.3 is 29.5 Å². The molecular formula is C27H32N4O4. The lowest BCUT2D eigenvalue weighted by molar-refractivity contribution is -0.183. The molecule has 5 unspecified atom stereocenters. The van der Waals surface area contributed by atoms with Crippen molar-refractivity contribution in [2.75, 3.05) is 44.8 Å². The second-order valence-electron chi connectivity index (χ2n) is 9.50. The summed E-state index contributed by atoms with van der Waals surface area (Å²) in [7, 11) is 1.71. The largest absolute Gasteiger partial charge is 0.495 e. The average Bonchev–Trinajstić information content (AvgIpc) is 3.33. The van der Waals surface area contributed by atoms with Gasteiger partial charge in [0.2, 0.25) is 0 Å². The van der Waals surface area contributed by atoms with Gasteiger partial charge in [-0.3, -0.25) is 9.88 Å². The van der Waals surface area contributed by atoms with Gasteiger partial charge in [0.05, 0.1) is 43.1 Å². The predicted molar refractivity (Wildman–Crippen MR) is 134 cm³/mol. The van der Waals surface area contributed by atoms with Crippen molar-refractivity contribution in [3.63, 3.8) is 0 Å². The first-order chi connectivity index (χ1) is 17.2. The van der Waals surface area contributed by atoms with Crippen molar-refractivity contribution in [3.05, 3.63) is 66.4 Å².